The van der Waals surface area contributed by atoms with Crippen LogP contribution in [-0.2, 0) is 10.0 Å². The zero-order chi connectivity index (χ0) is 14.0. The van der Waals surface area contributed by atoms with Gasteiger partial charge < -0.3 is 5.73 Å². The topological polar surface area (TPSA) is 85.1 Å². The highest BCUT2D eigenvalue weighted by Gasteiger charge is 2.25. The highest BCUT2D eigenvalue weighted by molar-refractivity contribution is 7.89. The summed E-state index contributed by atoms with van der Waals surface area (Å²) in [5.74, 6) is -0.716. The number of sulfonamides is 1. The van der Waals surface area contributed by atoms with Crippen LogP contribution in [0.4, 0.5) is 4.39 Å². The highest BCUT2D eigenvalue weighted by Crippen LogP contribution is 2.16. The summed E-state index contributed by atoms with van der Waals surface area (Å²) in [4.78, 5) is 3.45. The number of nitrogens with one attached hydrogen (secondary N) is 1. The second-order valence-corrected chi connectivity index (χ2v) is 6.62. The maximum atomic E-state index is 12.9. The van der Waals surface area contributed by atoms with Crippen molar-refractivity contribution in [3.05, 3.63) is 24.3 Å². The molecule has 0 unspecified atom stereocenters. The van der Waals surface area contributed by atoms with Gasteiger partial charge in [-0.25, -0.2) is 17.5 Å². The Morgan fingerprint density at radius 1 is 1.56 bits per heavy atom. The summed E-state index contributed by atoms with van der Waals surface area (Å²) in [5, 5.41) is 0. The van der Waals surface area contributed by atoms with Crippen molar-refractivity contribution in [2.45, 2.75) is 18.7 Å². The van der Waals surface area contributed by atoms with Crippen LogP contribution < -0.4 is 10.5 Å². The van der Waals surface area contributed by atoms with E-state index >= 15 is 0 Å². The molecule has 1 rings (SSSR count). The molecule has 0 aliphatic rings. The summed E-state index contributed by atoms with van der Waals surface area (Å²) in [6, 6.07) is 0.892. The van der Waals surface area contributed by atoms with E-state index in [4.69, 9.17) is 18.0 Å². The van der Waals surface area contributed by atoms with Gasteiger partial charge in [0.1, 0.15) is 10.7 Å². The molecule has 1 aromatic heterocycles. The van der Waals surface area contributed by atoms with Crippen molar-refractivity contribution in [2.24, 2.45) is 11.1 Å². The molecule has 0 aromatic carbocycles. The Hall–Kier alpha value is -1.12. The Labute approximate surface area is 111 Å². The van der Waals surface area contributed by atoms with E-state index in [-0.39, 0.29) is 16.4 Å². The Kier molecular flexibility index (Phi) is 4.36. The van der Waals surface area contributed by atoms with Crippen LogP contribution >= 0.6 is 12.2 Å². The molecule has 0 amide bonds. The minimum Gasteiger partial charge on any atom is -0.393 e. The van der Waals surface area contributed by atoms with Gasteiger partial charge in [0.2, 0.25) is 10.0 Å². The molecule has 0 spiro atoms. The third-order valence-electron chi connectivity index (χ3n) is 2.36. The van der Waals surface area contributed by atoms with Gasteiger partial charge in [-0.1, -0.05) is 26.1 Å². The first-order valence-corrected chi connectivity index (χ1v) is 6.94. The summed E-state index contributed by atoms with van der Waals surface area (Å²) in [6.07, 6.45) is 2.00. The number of rotatable bonds is 5. The standard InChI is InChI=1S/C10H14FN3O2S2/c1-10(2,9(12)17)6-14-18(15,16)8-3-7(11)4-13-5-8/h3-5,14H,6H2,1-2H3,(H2,12,17). The summed E-state index contributed by atoms with van der Waals surface area (Å²) < 4.78 is 38.9. The Bertz CT molecular complexity index is 558. The van der Waals surface area contributed by atoms with Crippen LogP contribution in [0.2, 0.25) is 0 Å². The molecular weight excluding hydrogens is 277 g/mol. The number of hydrogen-bond donors (Lipinski definition) is 2. The molecule has 0 saturated heterocycles. The van der Waals surface area contributed by atoms with E-state index in [0.717, 1.165) is 18.5 Å². The van der Waals surface area contributed by atoms with E-state index in [1.54, 1.807) is 13.8 Å². The van der Waals surface area contributed by atoms with Gasteiger partial charge in [0, 0.05) is 18.2 Å². The highest BCUT2D eigenvalue weighted by atomic mass is 32.2. The van der Waals surface area contributed by atoms with E-state index in [9.17, 15) is 12.8 Å². The monoisotopic (exact) mass is 291 g/mol. The van der Waals surface area contributed by atoms with Gasteiger partial charge in [0.25, 0.3) is 0 Å². The maximum absolute atomic E-state index is 12.9. The van der Waals surface area contributed by atoms with Gasteiger partial charge in [0.05, 0.1) is 11.2 Å². The molecule has 5 nitrogen and oxygen atoms in total. The largest absolute Gasteiger partial charge is 0.393 e. The quantitative estimate of drug-likeness (QED) is 0.784. The summed E-state index contributed by atoms with van der Waals surface area (Å²) in [7, 11) is -3.82. The van der Waals surface area contributed by atoms with Gasteiger partial charge in [-0.2, -0.15) is 0 Å². The molecule has 0 radical (unpaired) electrons. The second kappa shape index (κ2) is 5.25. The van der Waals surface area contributed by atoms with E-state index in [0.29, 0.717) is 0 Å². The van der Waals surface area contributed by atoms with Gasteiger partial charge in [-0.05, 0) is 6.07 Å². The van der Waals surface area contributed by atoms with Crippen molar-refractivity contribution in [1.82, 2.24) is 9.71 Å². The SMILES string of the molecule is CC(C)(CNS(=O)(=O)c1cncc(F)c1)C(N)=S. The lowest BCUT2D eigenvalue weighted by Gasteiger charge is -2.23. The molecule has 100 valence electrons. The summed E-state index contributed by atoms with van der Waals surface area (Å²) in [6.45, 7) is 3.45. The first-order valence-electron chi connectivity index (χ1n) is 5.05. The maximum Gasteiger partial charge on any atom is 0.242 e. The average Bonchev–Trinajstić information content (AvgIpc) is 2.26. The fourth-order valence-corrected chi connectivity index (χ4v) is 2.24. The minimum absolute atomic E-state index is 0.0289. The van der Waals surface area contributed by atoms with E-state index in [1.807, 2.05) is 0 Å². The van der Waals surface area contributed by atoms with Crippen molar-refractivity contribution in [2.75, 3.05) is 6.54 Å². The van der Waals surface area contributed by atoms with Crippen LogP contribution in [0.3, 0.4) is 0 Å². The number of aromatic nitrogens is 1. The zero-order valence-corrected chi connectivity index (χ0v) is 11.6. The van der Waals surface area contributed by atoms with Crippen LogP contribution in [0.5, 0.6) is 0 Å². The number of pyridine rings is 1. The lowest BCUT2D eigenvalue weighted by Crippen LogP contribution is -2.41. The van der Waals surface area contributed by atoms with Crippen molar-refractivity contribution in [1.29, 1.82) is 0 Å². The van der Waals surface area contributed by atoms with Crippen molar-refractivity contribution < 1.29 is 12.8 Å². The molecule has 0 atom stereocenters. The molecule has 0 saturated carbocycles. The molecule has 0 aliphatic carbocycles. The molecule has 3 N–H and O–H groups in total. The number of nitrogens with two attached hydrogens (primary N) is 1. The first-order chi connectivity index (χ1) is 8.15. The second-order valence-electron chi connectivity index (χ2n) is 4.41. The van der Waals surface area contributed by atoms with Crippen LogP contribution in [0.1, 0.15) is 13.8 Å². The van der Waals surface area contributed by atoms with Gasteiger partial charge in [0.15, 0.2) is 0 Å². The fraction of sp³-hybridized carbons (Fsp3) is 0.400. The lowest BCUT2D eigenvalue weighted by molar-refractivity contribution is 0.501. The van der Waals surface area contributed by atoms with Crippen molar-refractivity contribution in [3.8, 4) is 0 Å². The van der Waals surface area contributed by atoms with Crippen molar-refractivity contribution >= 4 is 27.2 Å². The van der Waals surface area contributed by atoms with Gasteiger partial charge >= 0.3 is 0 Å². The predicted octanol–water partition coefficient (Wildman–Crippen LogP) is 0.811. The number of nitrogens with zero attached hydrogens (tertiary/aromatic N) is 1. The van der Waals surface area contributed by atoms with E-state index < -0.39 is 21.3 Å². The lowest BCUT2D eigenvalue weighted by atomic mass is 9.94. The molecule has 0 fully saturated rings. The third-order valence-corrected chi connectivity index (χ3v) is 4.28. The third kappa shape index (κ3) is 3.69. The molecule has 1 heterocycles. The summed E-state index contributed by atoms with van der Waals surface area (Å²) >= 11 is 4.83. The normalized spacial score (nSPS) is 12.4. The minimum atomic E-state index is -3.82. The molecule has 18 heavy (non-hydrogen) atoms. The van der Waals surface area contributed by atoms with Gasteiger partial charge in [-0.15, -0.1) is 0 Å². The molecule has 0 bridgehead atoms. The number of hydrogen-bond acceptors (Lipinski definition) is 4. The van der Waals surface area contributed by atoms with Crippen LogP contribution in [0.15, 0.2) is 23.4 Å². The number of thiocarbonyl (C=S) groups is 1. The smallest absolute Gasteiger partial charge is 0.242 e. The van der Waals surface area contributed by atoms with E-state index in [2.05, 4.69) is 9.71 Å². The van der Waals surface area contributed by atoms with Crippen LogP contribution in [0, 0.1) is 11.2 Å². The molecule has 8 heteroatoms. The van der Waals surface area contributed by atoms with Crippen molar-refractivity contribution in [3.63, 3.8) is 0 Å². The number of halogens is 1. The van der Waals surface area contributed by atoms with Crippen LogP contribution in [-0.4, -0.2) is 24.9 Å². The predicted molar refractivity (Wildman–Crippen MR) is 69.9 cm³/mol. The van der Waals surface area contributed by atoms with Gasteiger partial charge in [-0.3, -0.25) is 4.98 Å². The fourth-order valence-electron chi connectivity index (χ4n) is 0.985. The average molecular weight is 291 g/mol. The molecular formula is C10H14FN3O2S2. The zero-order valence-electron chi connectivity index (χ0n) is 9.97. The molecule has 0 aliphatic heterocycles. The first kappa shape index (κ1) is 14.9. The summed E-state index contributed by atoms with van der Waals surface area (Å²) in [5.41, 5.74) is 4.82. The Balaban J connectivity index is 2.87. The Morgan fingerprint density at radius 2 is 2.17 bits per heavy atom. The van der Waals surface area contributed by atoms with Crippen LogP contribution in [0.25, 0.3) is 0 Å². The van der Waals surface area contributed by atoms with E-state index in [1.165, 1.54) is 0 Å². The Morgan fingerprint density at radius 3 is 2.67 bits per heavy atom. The molecule has 1 aromatic rings.